The van der Waals surface area contributed by atoms with Gasteiger partial charge in [0.1, 0.15) is 0 Å². The molecule has 80 heavy (non-hydrogen) atoms. The van der Waals surface area contributed by atoms with Crippen LogP contribution in [0.4, 0.5) is 22.7 Å². The SMILES string of the molecule is CN(c1ccc(-c2ccc3c(c2)Cc2ccccc2-3)cc1)c1cccc(-c2ccc3c(c2)-c2ccccc2C3)c1.CN(c1ccc(-c2cccc(Cc3ccccc3)c2)cc1)c1cccc(-c2ccc3c(c2)-c2ccccc2C3)c1. The Bertz CT molecular complexity index is 4260. The molecule has 12 aromatic rings. The first-order valence-electron chi connectivity index (χ1n) is 28.1. The molecule has 382 valence electrons. The molecule has 0 heterocycles. The molecule has 0 saturated carbocycles. The molecule has 2 heteroatoms. The Hall–Kier alpha value is -9.76. The summed E-state index contributed by atoms with van der Waals surface area (Å²) in [5, 5.41) is 0. The first kappa shape index (κ1) is 48.6. The molecule has 0 fully saturated rings. The van der Waals surface area contributed by atoms with Gasteiger partial charge in [0.05, 0.1) is 0 Å². The highest BCUT2D eigenvalue weighted by molar-refractivity contribution is 5.85. The topological polar surface area (TPSA) is 6.48 Å². The van der Waals surface area contributed by atoms with Gasteiger partial charge in [0.15, 0.2) is 0 Å². The van der Waals surface area contributed by atoms with Crippen LogP contribution >= 0.6 is 0 Å². The molecule has 0 spiro atoms. The van der Waals surface area contributed by atoms with Crippen LogP contribution in [0.5, 0.6) is 0 Å². The number of rotatable bonds is 10. The smallest absolute Gasteiger partial charge is 0.0414 e. The highest BCUT2D eigenvalue weighted by Gasteiger charge is 2.22. The average Bonchev–Trinajstić information content (AvgIpc) is 4.24. The van der Waals surface area contributed by atoms with Gasteiger partial charge in [0.25, 0.3) is 0 Å². The lowest BCUT2D eigenvalue weighted by molar-refractivity contribution is 1.19. The van der Waals surface area contributed by atoms with E-state index in [1.165, 1.54) is 145 Å². The summed E-state index contributed by atoms with van der Waals surface area (Å²) >= 11 is 0. The normalized spacial score (nSPS) is 12.0. The van der Waals surface area contributed by atoms with Gasteiger partial charge in [-0.1, -0.05) is 218 Å². The zero-order chi connectivity index (χ0) is 53.5. The summed E-state index contributed by atoms with van der Waals surface area (Å²) in [5.74, 6) is 0. The second-order valence-electron chi connectivity index (χ2n) is 21.8. The minimum absolute atomic E-state index is 0.947. The molecule has 0 atom stereocenters. The Balaban J connectivity index is 0.000000144. The van der Waals surface area contributed by atoms with Crippen LogP contribution in [0.25, 0.3) is 77.9 Å². The van der Waals surface area contributed by atoms with Gasteiger partial charge in [-0.15, -0.1) is 0 Å². The van der Waals surface area contributed by atoms with Gasteiger partial charge in [-0.3, -0.25) is 0 Å². The second kappa shape index (κ2) is 20.9. The summed E-state index contributed by atoms with van der Waals surface area (Å²) < 4.78 is 0. The zero-order valence-electron chi connectivity index (χ0n) is 45.3. The molecule has 3 aliphatic rings. The first-order valence-corrected chi connectivity index (χ1v) is 28.1. The van der Waals surface area contributed by atoms with Crippen molar-refractivity contribution in [3.63, 3.8) is 0 Å². The van der Waals surface area contributed by atoms with Gasteiger partial charge in [-0.2, -0.15) is 0 Å². The van der Waals surface area contributed by atoms with Crippen molar-refractivity contribution in [2.45, 2.75) is 25.7 Å². The molecule has 0 unspecified atom stereocenters. The van der Waals surface area contributed by atoms with Crippen molar-refractivity contribution in [2.24, 2.45) is 0 Å². The van der Waals surface area contributed by atoms with Crippen molar-refractivity contribution in [1.82, 2.24) is 0 Å². The minimum Gasteiger partial charge on any atom is -0.345 e. The number of hydrogen-bond donors (Lipinski definition) is 0. The number of anilines is 4. The molecular formula is C78H60N2. The zero-order valence-corrected chi connectivity index (χ0v) is 45.3. The largest absolute Gasteiger partial charge is 0.345 e. The Morgan fingerprint density at radius 2 is 0.588 bits per heavy atom. The van der Waals surface area contributed by atoms with Gasteiger partial charge < -0.3 is 9.80 Å². The van der Waals surface area contributed by atoms with Gasteiger partial charge in [-0.05, 0) is 209 Å². The van der Waals surface area contributed by atoms with Crippen molar-refractivity contribution in [2.75, 3.05) is 23.9 Å². The van der Waals surface area contributed by atoms with Crippen LogP contribution in [0.2, 0.25) is 0 Å². The summed E-state index contributed by atoms with van der Waals surface area (Å²) in [7, 11) is 4.30. The molecule has 0 saturated heterocycles. The molecule has 0 aromatic heterocycles. The third-order valence-corrected chi connectivity index (χ3v) is 16.9. The predicted octanol–water partition coefficient (Wildman–Crippen LogP) is 19.9. The number of nitrogens with zero attached hydrogens (tertiary/aromatic N) is 2. The maximum absolute atomic E-state index is 2.37. The molecule has 0 N–H and O–H groups in total. The highest BCUT2D eigenvalue weighted by Crippen LogP contribution is 2.43. The summed E-state index contributed by atoms with van der Waals surface area (Å²) in [6.45, 7) is 0. The third-order valence-electron chi connectivity index (χ3n) is 16.9. The lowest BCUT2D eigenvalue weighted by atomic mass is 9.98. The van der Waals surface area contributed by atoms with E-state index >= 15 is 0 Å². The second-order valence-corrected chi connectivity index (χ2v) is 21.8. The lowest BCUT2D eigenvalue weighted by Gasteiger charge is -2.21. The standard InChI is InChI=1S/C39H29N.C39H31N/c1-40(34-18-15-26(16-19-34)28-17-20-38-33(21-28)23-31-8-2-4-11-36(31)38)35-10-6-9-27(24-35)29-13-14-32-22-30-7-3-5-12-37(30)39(32)25-29;1-40(36-21-19-30(20-22-36)31-13-7-11-29(24-31)23-28-9-3-2-4-10-28)37-15-8-14-32(26-37)33-17-18-35-25-34-12-5-6-16-38(34)39(35)27-33/h2-21,24-25H,22-23H2,1H3;2-22,24,26-27H,23,25H2,1H3. The Kier molecular flexibility index (Phi) is 12.7. The van der Waals surface area contributed by atoms with E-state index in [9.17, 15) is 0 Å². The fourth-order valence-corrected chi connectivity index (χ4v) is 12.5. The van der Waals surface area contributed by atoms with Crippen LogP contribution in [-0.2, 0) is 25.7 Å². The Morgan fingerprint density at radius 1 is 0.225 bits per heavy atom. The van der Waals surface area contributed by atoms with Gasteiger partial charge in [0.2, 0.25) is 0 Å². The van der Waals surface area contributed by atoms with Crippen molar-refractivity contribution in [3.05, 3.63) is 324 Å². The minimum atomic E-state index is 0.947. The van der Waals surface area contributed by atoms with Crippen molar-refractivity contribution in [3.8, 4) is 77.9 Å². The molecule has 2 nitrogen and oxygen atoms in total. The maximum atomic E-state index is 2.37. The van der Waals surface area contributed by atoms with Crippen LogP contribution < -0.4 is 9.80 Å². The average molecular weight is 1030 g/mol. The van der Waals surface area contributed by atoms with E-state index < -0.39 is 0 Å². The number of fused-ring (bicyclic) bond motifs is 9. The summed E-state index contributed by atoms with van der Waals surface area (Å²) in [6, 6.07) is 102. The van der Waals surface area contributed by atoms with Gasteiger partial charge >= 0.3 is 0 Å². The summed E-state index contributed by atoms with van der Waals surface area (Å²) in [5.41, 5.74) is 34.2. The van der Waals surface area contributed by atoms with Crippen LogP contribution in [0.15, 0.2) is 279 Å². The number of benzene rings is 12. The molecule has 0 amide bonds. The van der Waals surface area contributed by atoms with Crippen LogP contribution in [0.3, 0.4) is 0 Å². The molecule has 15 rings (SSSR count). The molecule has 0 bridgehead atoms. The molecular weight excluding hydrogens is 965 g/mol. The molecule has 0 aliphatic heterocycles. The van der Waals surface area contributed by atoms with Crippen LogP contribution in [0.1, 0.15) is 44.5 Å². The Labute approximate surface area is 471 Å². The van der Waals surface area contributed by atoms with E-state index in [0.717, 1.165) is 25.7 Å². The van der Waals surface area contributed by atoms with Crippen molar-refractivity contribution < 1.29 is 0 Å². The van der Waals surface area contributed by atoms with E-state index in [-0.39, 0.29) is 0 Å². The quantitative estimate of drug-likeness (QED) is 0.135. The molecule has 0 radical (unpaired) electrons. The van der Waals surface area contributed by atoms with Crippen molar-refractivity contribution in [1.29, 1.82) is 0 Å². The van der Waals surface area contributed by atoms with Crippen LogP contribution in [0, 0.1) is 0 Å². The highest BCUT2D eigenvalue weighted by atomic mass is 15.1. The summed E-state index contributed by atoms with van der Waals surface area (Å²) in [4.78, 5) is 4.54. The molecule has 12 aromatic carbocycles. The molecule has 3 aliphatic carbocycles. The van der Waals surface area contributed by atoms with Gasteiger partial charge in [-0.25, -0.2) is 0 Å². The van der Waals surface area contributed by atoms with E-state index in [1.54, 1.807) is 0 Å². The monoisotopic (exact) mass is 1020 g/mol. The van der Waals surface area contributed by atoms with E-state index in [0.29, 0.717) is 0 Å². The predicted molar refractivity (Wildman–Crippen MR) is 338 cm³/mol. The van der Waals surface area contributed by atoms with Crippen LogP contribution in [-0.4, -0.2) is 14.1 Å². The van der Waals surface area contributed by atoms with E-state index in [1.807, 2.05) is 0 Å². The first-order chi connectivity index (χ1) is 39.4. The summed E-state index contributed by atoms with van der Waals surface area (Å²) in [6.07, 6.45) is 4.03. The van der Waals surface area contributed by atoms with Crippen molar-refractivity contribution >= 4 is 22.7 Å². The fourth-order valence-electron chi connectivity index (χ4n) is 12.5. The Morgan fingerprint density at radius 3 is 1.11 bits per heavy atom. The lowest BCUT2D eigenvalue weighted by Crippen LogP contribution is -2.09. The van der Waals surface area contributed by atoms with E-state index in [2.05, 4.69) is 303 Å². The van der Waals surface area contributed by atoms with E-state index in [4.69, 9.17) is 0 Å². The number of hydrogen-bond acceptors (Lipinski definition) is 2. The maximum Gasteiger partial charge on any atom is 0.0414 e. The fraction of sp³-hybridized carbons (Fsp3) is 0.0769. The third kappa shape index (κ3) is 9.50. The van der Waals surface area contributed by atoms with Gasteiger partial charge in [0, 0.05) is 36.8 Å².